The maximum atomic E-state index is 5.53. The average Bonchev–Trinajstić information content (AvgIpc) is 2.70. The molecule has 6 nitrogen and oxygen atoms in total. The van der Waals surface area contributed by atoms with Crippen molar-refractivity contribution in [3.05, 3.63) is 0 Å². The van der Waals surface area contributed by atoms with Gasteiger partial charge in [0.2, 0.25) is 0 Å². The van der Waals surface area contributed by atoms with Crippen molar-refractivity contribution in [2.24, 2.45) is 10.9 Å². The molecule has 0 saturated carbocycles. The van der Waals surface area contributed by atoms with Gasteiger partial charge in [-0.2, -0.15) is 0 Å². The summed E-state index contributed by atoms with van der Waals surface area (Å²) in [4.78, 5) is 9.66. The monoisotopic (exact) mass is 395 g/mol. The molecule has 2 atom stereocenters. The number of ether oxygens (including phenoxy) is 1. The van der Waals surface area contributed by atoms with Crippen LogP contribution in [0.15, 0.2) is 4.99 Å². The molecule has 2 unspecified atom stereocenters. The number of rotatable bonds is 10. The van der Waals surface area contributed by atoms with Gasteiger partial charge < -0.3 is 20.3 Å². The summed E-state index contributed by atoms with van der Waals surface area (Å²) < 4.78 is 5.53. The standard InChI is InChI=1S/C22H45N5O/c1-19(2)17-21(27-13-15-28-16-14-27)18-25-22(23-4)24-10-6-8-12-26-11-7-5-9-20(26)3/h19-21H,5-18H2,1-4H3,(H2,23,24,25). The molecule has 2 saturated heterocycles. The highest BCUT2D eigenvalue weighted by Crippen LogP contribution is 2.16. The van der Waals surface area contributed by atoms with Gasteiger partial charge in [-0.15, -0.1) is 0 Å². The first-order valence-corrected chi connectivity index (χ1v) is 11.6. The van der Waals surface area contributed by atoms with E-state index >= 15 is 0 Å². The molecular formula is C22H45N5O. The molecule has 2 aliphatic rings. The summed E-state index contributed by atoms with van der Waals surface area (Å²) >= 11 is 0. The van der Waals surface area contributed by atoms with Crippen LogP contribution in [0.4, 0.5) is 0 Å². The first kappa shape index (κ1) is 23.4. The third-order valence-corrected chi connectivity index (χ3v) is 6.14. The second-order valence-electron chi connectivity index (χ2n) is 8.90. The van der Waals surface area contributed by atoms with E-state index in [0.717, 1.165) is 51.4 Å². The fourth-order valence-electron chi connectivity index (χ4n) is 4.42. The minimum absolute atomic E-state index is 0.544. The van der Waals surface area contributed by atoms with E-state index in [0.29, 0.717) is 12.0 Å². The lowest BCUT2D eigenvalue weighted by molar-refractivity contribution is 0.0132. The van der Waals surface area contributed by atoms with E-state index in [1.165, 1.54) is 51.6 Å². The average molecular weight is 396 g/mol. The normalized spacial score (nSPS) is 23.8. The number of hydrogen-bond donors (Lipinski definition) is 2. The molecular weight excluding hydrogens is 350 g/mol. The van der Waals surface area contributed by atoms with E-state index in [4.69, 9.17) is 4.74 Å². The molecule has 0 radical (unpaired) electrons. The number of nitrogens with one attached hydrogen (secondary N) is 2. The SMILES string of the molecule is CN=C(NCCCCN1CCCCC1C)NCC(CC(C)C)N1CCOCC1. The third-order valence-electron chi connectivity index (χ3n) is 6.14. The van der Waals surface area contributed by atoms with Crippen LogP contribution in [0.5, 0.6) is 0 Å². The zero-order valence-corrected chi connectivity index (χ0v) is 18.9. The minimum atomic E-state index is 0.544. The number of likely N-dealkylation sites (tertiary alicyclic amines) is 1. The van der Waals surface area contributed by atoms with Crippen LogP contribution in [0.25, 0.3) is 0 Å². The number of hydrogen-bond acceptors (Lipinski definition) is 4. The summed E-state index contributed by atoms with van der Waals surface area (Å²) in [7, 11) is 1.87. The van der Waals surface area contributed by atoms with Gasteiger partial charge in [-0.05, 0) is 58.0 Å². The van der Waals surface area contributed by atoms with E-state index in [-0.39, 0.29) is 0 Å². The quantitative estimate of drug-likeness (QED) is 0.338. The van der Waals surface area contributed by atoms with Gasteiger partial charge >= 0.3 is 0 Å². The maximum Gasteiger partial charge on any atom is 0.191 e. The van der Waals surface area contributed by atoms with Crippen molar-refractivity contribution in [1.82, 2.24) is 20.4 Å². The fraction of sp³-hybridized carbons (Fsp3) is 0.955. The Hall–Kier alpha value is -0.850. The number of morpholine rings is 1. The molecule has 2 fully saturated rings. The van der Waals surface area contributed by atoms with Crippen molar-refractivity contribution < 1.29 is 4.74 Å². The lowest BCUT2D eigenvalue weighted by Gasteiger charge is -2.35. The van der Waals surface area contributed by atoms with Crippen molar-refractivity contribution in [2.45, 2.75) is 71.4 Å². The van der Waals surface area contributed by atoms with Crippen molar-refractivity contribution in [3.8, 4) is 0 Å². The molecule has 0 aromatic heterocycles. The molecule has 28 heavy (non-hydrogen) atoms. The second kappa shape index (κ2) is 13.4. The van der Waals surface area contributed by atoms with Gasteiger partial charge in [0.15, 0.2) is 5.96 Å². The predicted molar refractivity (Wildman–Crippen MR) is 119 cm³/mol. The lowest BCUT2D eigenvalue weighted by Crippen LogP contribution is -2.51. The van der Waals surface area contributed by atoms with Crippen molar-refractivity contribution >= 4 is 5.96 Å². The molecule has 0 aromatic carbocycles. The summed E-state index contributed by atoms with van der Waals surface area (Å²) in [5.41, 5.74) is 0. The predicted octanol–water partition coefficient (Wildman–Crippen LogP) is 2.55. The molecule has 0 aromatic rings. The number of aliphatic imine (C=N–C) groups is 1. The van der Waals surface area contributed by atoms with Gasteiger partial charge in [0.05, 0.1) is 13.2 Å². The van der Waals surface area contributed by atoms with Crippen LogP contribution in [0, 0.1) is 5.92 Å². The zero-order chi connectivity index (χ0) is 20.2. The maximum absolute atomic E-state index is 5.53. The topological polar surface area (TPSA) is 52.1 Å². The zero-order valence-electron chi connectivity index (χ0n) is 18.9. The van der Waals surface area contributed by atoms with Crippen LogP contribution >= 0.6 is 0 Å². The Labute approximate surface area is 173 Å². The number of unbranched alkanes of at least 4 members (excludes halogenated alkanes) is 1. The molecule has 2 rings (SSSR count). The largest absolute Gasteiger partial charge is 0.379 e. The Kier molecular flexibility index (Phi) is 11.2. The summed E-state index contributed by atoms with van der Waals surface area (Å²) in [6.45, 7) is 15.3. The Balaban J connectivity index is 1.64. The van der Waals surface area contributed by atoms with Crippen LogP contribution in [-0.4, -0.2) is 87.4 Å². The highest BCUT2D eigenvalue weighted by Gasteiger charge is 2.22. The molecule has 0 bridgehead atoms. The van der Waals surface area contributed by atoms with Crippen LogP contribution in [0.1, 0.15) is 59.3 Å². The lowest BCUT2D eigenvalue weighted by atomic mass is 10.0. The molecule has 0 spiro atoms. The summed E-state index contributed by atoms with van der Waals surface area (Å²) in [5.74, 6) is 1.63. The smallest absolute Gasteiger partial charge is 0.191 e. The van der Waals surface area contributed by atoms with Crippen LogP contribution in [-0.2, 0) is 4.74 Å². The van der Waals surface area contributed by atoms with Gasteiger partial charge in [-0.3, -0.25) is 9.89 Å². The second-order valence-corrected chi connectivity index (χ2v) is 8.90. The van der Waals surface area contributed by atoms with E-state index < -0.39 is 0 Å². The van der Waals surface area contributed by atoms with E-state index in [1.807, 2.05) is 7.05 Å². The Morgan fingerprint density at radius 2 is 1.89 bits per heavy atom. The van der Waals surface area contributed by atoms with Crippen LogP contribution in [0.2, 0.25) is 0 Å². The van der Waals surface area contributed by atoms with E-state index in [1.54, 1.807) is 0 Å². The highest BCUT2D eigenvalue weighted by atomic mass is 16.5. The Bertz CT molecular complexity index is 437. The van der Waals surface area contributed by atoms with Gasteiger partial charge in [0.1, 0.15) is 0 Å². The summed E-state index contributed by atoms with van der Waals surface area (Å²) in [6.07, 6.45) is 7.82. The number of piperidine rings is 1. The van der Waals surface area contributed by atoms with Gasteiger partial charge in [0.25, 0.3) is 0 Å². The van der Waals surface area contributed by atoms with Gasteiger partial charge in [0, 0.05) is 45.3 Å². The van der Waals surface area contributed by atoms with Crippen molar-refractivity contribution in [2.75, 3.05) is 59.5 Å². The molecule has 6 heteroatoms. The number of guanidine groups is 1. The Morgan fingerprint density at radius 3 is 2.57 bits per heavy atom. The molecule has 164 valence electrons. The summed E-state index contributed by atoms with van der Waals surface area (Å²) in [5, 5.41) is 7.07. The molecule has 2 heterocycles. The molecule has 2 N–H and O–H groups in total. The summed E-state index contributed by atoms with van der Waals surface area (Å²) in [6, 6.07) is 1.32. The Morgan fingerprint density at radius 1 is 1.11 bits per heavy atom. The minimum Gasteiger partial charge on any atom is -0.379 e. The van der Waals surface area contributed by atoms with Crippen molar-refractivity contribution in [3.63, 3.8) is 0 Å². The van der Waals surface area contributed by atoms with Crippen LogP contribution < -0.4 is 10.6 Å². The van der Waals surface area contributed by atoms with Crippen LogP contribution in [0.3, 0.4) is 0 Å². The van der Waals surface area contributed by atoms with E-state index in [2.05, 4.69) is 46.2 Å². The molecule has 2 aliphatic heterocycles. The molecule has 0 amide bonds. The first-order chi connectivity index (χ1) is 13.6. The number of nitrogens with zero attached hydrogens (tertiary/aromatic N) is 3. The van der Waals surface area contributed by atoms with Gasteiger partial charge in [-0.1, -0.05) is 20.3 Å². The fourth-order valence-corrected chi connectivity index (χ4v) is 4.42. The van der Waals surface area contributed by atoms with E-state index in [9.17, 15) is 0 Å². The van der Waals surface area contributed by atoms with Gasteiger partial charge in [-0.25, -0.2) is 0 Å². The third kappa shape index (κ3) is 8.66. The first-order valence-electron chi connectivity index (χ1n) is 11.6. The highest BCUT2D eigenvalue weighted by molar-refractivity contribution is 5.79. The van der Waals surface area contributed by atoms with Crippen molar-refractivity contribution in [1.29, 1.82) is 0 Å². The molecule has 0 aliphatic carbocycles.